The number of halogens is 3. The van der Waals surface area contributed by atoms with Gasteiger partial charge < -0.3 is 9.26 Å². The van der Waals surface area contributed by atoms with Crippen LogP contribution in [0, 0.1) is 0 Å². The highest BCUT2D eigenvalue weighted by Gasteiger charge is 2.36. The largest absolute Gasteiger partial charge is 0.452 e. The predicted octanol–water partition coefficient (Wildman–Crippen LogP) is 2.81. The van der Waals surface area contributed by atoms with Crippen molar-refractivity contribution >= 4 is 21.4 Å². The van der Waals surface area contributed by atoms with Crippen LogP contribution in [-0.4, -0.2) is 57.4 Å². The second kappa shape index (κ2) is 8.49. The van der Waals surface area contributed by atoms with Crippen molar-refractivity contribution in [3.8, 4) is 10.6 Å². The van der Waals surface area contributed by atoms with Crippen LogP contribution in [0.15, 0.2) is 26.9 Å². The molecule has 3 rings (SSSR count). The third-order valence-corrected chi connectivity index (χ3v) is 7.47. The third-order valence-electron chi connectivity index (χ3n) is 4.41. The van der Waals surface area contributed by atoms with Crippen LogP contribution >= 0.6 is 11.3 Å². The van der Waals surface area contributed by atoms with E-state index < -0.39 is 22.0 Å². The van der Waals surface area contributed by atoms with Gasteiger partial charge in [-0.2, -0.15) is 13.2 Å². The molecule has 12 heteroatoms. The summed E-state index contributed by atoms with van der Waals surface area (Å²) in [5.74, 6) is -1.23. The molecule has 28 heavy (non-hydrogen) atoms. The van der Waals surface area contributed by atoms with Gasteiger partial charge in [-0.05, 0) is 25.5 Å². The van der Waals surface area contributed by atoms with Crippen molar-refractivity contribution in [1.29, 1.82) is 0 Å². The number of aromatic nitrogens is 1. The first-order valence-corrected chi connectivity index (χ1v) is 10.9. The lowest BCUT2D eigenvalue weighted by atomic mass is 10.2. The molecule has 3 heterocycles. The van der Waals surface area contributed by atoms with E-state index in [0.717, 1.165) is 30.5 Å². The topological polar surface area (TPSA) is 84.7 Å². The molecule has 0 aliphatic carbocycles. The van der Waals surface area contributed by atoms with Crippen molar-refractivity contribution in [3.63, 3.8) is 0 Å². The Balaban J connectivity index is 1.59. The molecule has 0 aromatic carbocycles. The van der Waals surface area contributed by atoms with Crippen molar-refractivity contribution < 1.29 is 30.8 Å². The first-order chi connectivity index (χ1) is 13.2. The fourth-order valence-corrected chi connectivity index (χ4v) is 5.15. The van der Waals surface area contributed by atoms with Crippen molar-refractivity contribution in [2.24, 2.45) is 0 Å². The molecular formula is C16H20F3N3O4S2. The summed E-state index contributed by atoms with van der Waals surface area (Å²) in [4.78, 5) is 2.52. The Morgan fingerprint density at radius 2 is 2.04 bits per heavy atom. The highest BCUT2D eigenvalue weighted by atomic mass is 32.2. The number of morpholine rings is 1. The fraction of sp³-hybridized carbons (Fsp3) is 0.562. The van der Waals surface area contributed by atoms with E-state index in [9.17, 15) is 21.6 Å². The summed E-state index contributed by atoms with van der Waals surface area (Å²) in [5.41, 5.74) is -0.0558. The summed E-state index contributed by atoms with van der Waals surface area (Å²) in [5, 5.41) is 3.37. The third kappa shape index (κ3) is 5.11. The molecule has 1 aliphatic rings. The van der Waals surface area contributed by atoms with E-state index >= 15 is 0 Å². The van der Waals surface area contributed by atoms with Crippen LogP contribution in [0.25, 0.3) is 10.6 Å². The number of nitrogens with zero attached hydrogens (tertiary/aromatic N) is 2. The zero-order valence-electron chi connectivity index (χ0n) is 15.0. The van der Waals surface area contributed by atoms with E-state index in [2.05, 4.69) is 19.3 Å². The van der Waals surface area contributed by atoms with Crippen molar-refractivity contribution in [2.45, 2.75) is 29.8 Å². The molecule has 2 aromatic rings. The number of sulfonamides is 1. The number of thiophene rings is 1. The highest BCUT2D eigenvalue weighted by Crippen LogP contribution is 2.35. The molecule has 1 N–H and O–H groups in total. The minimum atomic E-state index is -4.64. The summed E-state index contributed by atoms with van der Waals surface area (Å²) in [6.45, 7) is 5.28. The lowest BCUT2D eigenvalue weighted by molar-refractivity contribution is -0.155. The summed E-state index contributed by atoms with van der Waals surface area (Å²) in [6.07, 6.45) is -4.01. The van der Waals surface area contributed by atoms with Crippen LogP contribution in [0.4, 0.5) is 13.2 Å². The molecule has 0 saturated carbocycles. The molecule has 1 saturated heterocycles. The predicted molar refractivity (Wildman–Crippen MR) is 96.5 cm³/mol. The number of nitrogens with one attached hydrogen (secondary N) is 1. The van der Waals surface area contributed by atoms with Crippen LogP contribution in [0.5, 0.6) is 0 Å². The molecule has 0 radical (unpaired) electrons. The van der Waals surface area contributed by atoms with Gasteiger partial charge in [-0.25, -0.2) is 13.1 Å². The summed E-state index contributed by atoms with van der Waals surface area (Å²) >= 11 is 0.837. The van der Waals surface area contributed by atoms with Crippen LogP contribution in [0.1, 0.15) is 19.1 Å². The minimum absolute atomic E-state index is 0.0121. The van der Waals surface area contributed by atoms with Gasteiger partial charge in [0.2, 0.25) is 15.8 Å². The maximum atomic E-state index is 12.6. The smallest absolute Gasteiger partial charge is 0.379 e. The summed E-state index contributed by atoms with van der Waals surface area (Å²) < 4.78 is 74.8. The Labute approximate surface area is 164 Å². The van der Waals surface area contributed by atoms with Gasteiger partial charge in [-0.15, -0.1) is 11.3 Å². The van der Waals surface area contributed by atoms with Crippen LogP contribution in [0.2, 0.25) is 0 Å². The lowest BCUT2D eigenvalue weighted by Gasteiger charge is -2.32. The van der Waals surface area contributed by atoms with Crippen LogP contribution < -0.4 is 4.72 Å². The van der Waals surface area contributed by atoms with Gasteiger partial charge in [-0.1, -0.05) is 5.16 Å². The van der Waals surface area contributed by atoms with E-state index in [4.69, 9.17) is 4.74 Å². The molecule has 156 valence electrons. The van der Waals surface area contributed by atoms with Gasteiger partial charge in [0.1, 0.15) is 9.90 Å². The average Bonchev–Trinajstić information content (AvgIpc) is 3.31. The molecule has 1 aliphatic heterocycles. The number of alkyl halides is 3. The van der Waals surface area contributed by atoms with Crippen molar-refractivity contribution in [2.75, 3.05) is 32.8 Å². The van der Waals surface area contributed by atoms with Crippen molar-refractivity contribution in [3.05, 3.63) is 24.0 Å². The minimum Gasteiger partial charge on any atom is -0.379 e. The van der Waals surface area contributed by atoms with Gasteiger partial charge in [0.05, 0.1) is 18.1 Å². The number of hydrogen-bond acceptors (Lipinski definition) is 7. The van der Waals surface area contributed by atoms with E-state index in [-0.39, 0.29) is 27.4 Å². The Hall–Kier alpha value is -1.47. The monoisotopic (exact) mass is 439 g/mol. The average molecular weight is 439 g/mol. The lowest BCUT2D eigenvalue weighted by Crippen LogP contribution is -2.43. The second-order valence-corrected chi connectivity index (χ2v) is 9.45. The van der Waals surface area contributed by atoms with Gasteiger partial charge in [0.15, 0.2) is 0 Å². The molecule has 0 amide bonds. The zero-order valence-corrected chi connectivity index (χ0v) is 16.7. The van der Waals surface area contributed by atoms with E-state index in [1.807, 2.05) is 6.92 Å². The number of rotatable bonds is 7. The SMILES string of the molecule is CC(CCNS(=O)(=O)c1ccc(-c2cc(C(F)(F)F)on2)s1)N1CCOCC1. The van der Waals surface area contributed by atoms with Crippen LogP contribution in [0.3, 0.4) is 0 Å². The van der Waals surface area contributed by atoms with Gasteiger partial charge >= 0.3 is 6.18 Å². The normalized spacial score (nSPS) is 17.7. The number of ether oxygens (including phenoxy) is 1. The van der Waals surface area contributed by atoms with E-state index in [0.29, 0.717) is 19.6 Å². The van der Waals surface area contributed by atoms with E-state index in [1.54, 1.807) is 0 Å². The van der Waals surface area contributed by atoms with Gasteiger partial charge in [0.25, 0.3) is 0 Å². The highest BCUT2D eigenvalue weighted by molar-refractivity contribution is 7.91. The van der Waals surface area contributed by atoms with Gasteiger partial charge in [-0.3, -0.25) is 4.90 Å². The maximum Gasteiger partial charge on any atom is 0.452 e. The molecule has 1 unspecified atom stereocenters. The molecular weight excluding hydrogens is 419 g/mol. The van der Waals surface area contributed by atoms with Crippen molar-refractivity contribution in [1.82, 2.24) is 14.8 Å². The molecule has 1 atom stereocenters. The standard InChI is InChI=1S/C16H20F3N3O4S2/c1-11(22-6-8-25-9-7-22)4-5-20-28(23,24)15-3-2-13(27-15)12-10-14(26-21-12)16(17,18)19/h2-3,10-11,20H,4-9H2,1H3. The quantitative estimate of drug-likeness (QED) is 0.714. The van der Waals surface area contributed by atoms with Crippen LogP contribution in [-0.2, 0) is 20.9 Å². The molecule has 0 bridgehead atoms. The maximum absolute atomic E-state index is 12.6. The molecule has 1 fully saturated rings. The first kappa shape index (κ1) is 21.2. The fourth-order valence-electron chi connectivity index (χ4n) is 2.80. The summed E-state index contributed by atoms with van der Waals surface area (Å²) in [6, 6.07) is 3.71. The Bertz CT molecular complexity index is 889. The first-order valence-electron chi connectivity index (χ1n) is 8.62. The number of hydrogen-bond donors (Lipinski definition) is 1. The van der Waals surface area contributed by atoms with E-state index in [1.165, 1.54) is 12.1 Å². The summed E-state index contributed by atoms with van der Waals surface area (Å²) in [7, 11) is -3.75. The zero-order chi connectivity index (χ0) is 20.4. The second-order valence-electron chi connectivity index (χ2n) is 6.38. The van der Waals surface area contributed by atoms with Gasteiger partial charge in [0, 0.05) is 31.7 Å². The molecule has 7 nitrogen and oxygen atoms in total. The Morgan fingerprint density at radius 1 is 1.32 bits per heavy atom. The Morgan fingerprint density at radius 3 is 2.68 bits per heavy atom. The molecule has 0 spiro atoms. The Kier molecular flexibility index (Phi) is 6.44. The molecule has 2 aromatic heterocycles.